The number of likely N-dealkylation sites (N-methyl/N-ethyl adjacent to an activating group) is 1. The van der Waals surface area contributed by atoms with Gasteiger partial charge in [0.15, 0.2) is 0 Å². The molecule has 192 valence electrons. The Kier molecular flexibility index (Phi) is 6.44. The van der Waals surface area contributed by atoms with Crippen LogP contribution in [0, 0.1) is 11.8 Å². The Labute approximate surface area is 222 Å². The SMILES string of the molecule is CC1[C@H]2Cc3ccc(C(=O)N(C)CCc4ccc(-c5ccccc5)cc4)cc3[C@]1(C)CCN2CC1CC1. The number of hydrogen-bond acceptors (Lipinski definition) is 2. The maximum Gasteiger partial charge on any atom is 0.253 e. The van der Waals surface area contributed by atoms with Crippen molar-refractivity contribution in [1.29, 1.82) is 0 Å². The average molecular weight is 493 g/mol. The summed E-state index contributed by atoms with van der Waals surface area (Å²) in [4.78, 5) is 18.1. The number of carbonyl (C=O) groups is 1. The molecule has 3 aromatic rings. The van der Waals surface area contributed by atoms with Crippen molar-refractivity contribution in [1.82, 2.24) is 9.80 Å². The second-order valence-corrected chi connectivity index (χ2v) is 12.1. The number of piperidine rings is 1. The summed E-state index contributed by atoms with van der Waals surface area (Å²) >= 11 is 0. The molecule has 0 spiro atoms. The second-order valence-electron chi connectivity index (χ2n) is 12.1. The van der Waals surface area contributed by atoms with Gasteiger partial charge in [0.25, 0.3) is 5.91 Å². The van der Waals surface area contributed by atoms with Crippen molar-refractivity contribution >= 4 is 5.91 Å². The zero-order valence-electron chi connectivity index (χ0n) is 22.6. The summed E-state index contributed by atoms with van der Waals surface area (Å²) in [5.74, 6) is 1.69. The third-order valence-corrected chi connectivity index (χ3v) is 9.70. The van der Waals surface area contributed by atoms with Crippen LogP contribution in [0.15, 0.2) is 72.8 Å². The third kappa shape index (κ3) is 4.75. The van der Waals surface area contributed by atoms with Crippen LogP contribution in [0.1, 0.15) is 60.2 Å². The maximum absolute atomic E-state index is 13.4. The number of likely N-dealkylation sites (tertiary alicyclic amines) is 1. The molecule has 1 saturated carbocycles. The molecule has 1 amide bonds. The van der Waals surface area contributed by atoms with E-state index in [0.717, 1.165) is 24.3 Å². The Hall–Kier alpha value is -2.91. The molecule has 1 saturated heterocycles. The number of nitrogens with zero attached hydrogens (tertiary/aromatic N) is 2. The monoisotopic (exact) mass is 492 g/mol. The largest absolute Gasteiger partial charge is 0.341 e. The van der Waals surface area contributed by atoms with Gasteiger partial charge in [-0.05, 0) is 95.8 Å². The van der Waals surface area contributed by atoms with Crippen LogP contribution in [0.4, 0.5) is 0 Å². The summed E-state index contributed by atoms with van der Waals surface area (Å²) in [5, 5.41) is 0. The van der Waals surface area contributed by atoms with Crippen molar-refractivity contribution in [2.75, 3.05) is 26.7 Å². The first-order valence-corrected chi connectivity index (χ1v) is 14.2. The van der Waals surface area contributed by atoms with Gasteiger partial charge in [0.1, 0.15) is 0 Å². The quantitative estimate of drug-likeness (QED) is 0.371. The number of amides is 1. The first-order valence-electron chi connectivity index (χ1n) is 14.2. The number of rotatable bonds is 7. The molecule has 37 heavy (non-hydrogen) atoms. The molecule has 0 aromatic heterocycles. The summed E-state index contributed by atoms with van der Waals surface area (Å²) in [6.45, 7) is 8.11. The fraction of sp³-hybridized carbons (Fsp3) is 0.441. The van der Waals surface area contributed by atoms with Gasteiger partial charge < -0.3 is 4.90 Å². The maximum atomic E-state index is 13.4. The van der Waals surface area contributed by atoms with E-state index in [1.165, 1.54) is 60.2 Å². The van der Waals surface area contributed by atoms with Gasteiger partial charge in [-0.15, -0.1) is 0 Å². The summed E-state index contributed by atoms with van der Waals surface area (Å²) < 4.78 is 0. The summed E-state index contributed by atoms with van der Waals surface area (Å²) in [6.07, 6.45) is 6.02. The van der Waals surface area contributed by atoms with Crippen LogP contribution in [0.3, 0.4) is 0 Å². The van der Waals surface area contributed by atoms with Gasteiger partial charge in [0, 0.05) is 31.7 Å². The molecule has 6 rings (SSSR count). The Balaban J connectivity index is 1.13. The Morgan fingerprint density at radius 3 is 2.46 bits per heavy atom. The highest BCUT2D eigenvalue weighted by Gasteiger charge is 2.49. The Morgan fingerprint density at radius 1 is 1.00 bits per heavy atom. The van der Waals surface area contributed by atoms with Crippen LogP contribution in [0.2, 0.25) is 0 Å². The number of benzene rings is 3. The molecule has 1 unspecified atom stereocenters. The van der Waals surface area contributed by atoms with Crippen LogP contribution < -0.4 is 0 Å². The van der Waals surface area contributed by atoms with E-state index >= 15 is 0 Å². The van der Waals surface area contributed by atoms with Crippen molar-refractivity contribution in [3.63, 3.8) is 0 Å². The van der Waals surface area contributed by atoms with E-state index in [1.54, 1.807) is 0 Å². The van der Waals surface area contributed by atoms with Gasteiger partial charge in [-0.25, -0.2) is 0 Å². The van der Waals surface area contributed by atoms with Crippen molar-refractivity contribution in [3.8, 4) is 11.1 Å². The zero-order chi connectivity index (χ0) is 25.6. The van der Waals surface area contributed by atoms with Gasteiger partial charge in [-0.3, -0.25) is 9.69 Å². The van der Waals surface area contributed by atoms with E-state index in [9.17, 15) is 4.79 Å². The Morgan fingerprint density at radius 2 is 1.73 bits per heavy atom. The summed E-state index contributed by atoms with van der Waals surface area (Å²) in [6, 6.07) is 26.4. The van der Waals surface area contributed by atoms with Crippen molar-refractivity contribution in [2.24, 2.45) is 11.8 Å². The van der Waals surface area contributed by atoms with Crippen LogP contribution in [-0.4, -0.2) is 48.4 Å². The first kappa shape index (κ1) is 24.4. The van der Waals surface area contributed by atoms with Crippen LogP contribution in [0.25, 0.3) is 11.1 Å². The molecule has 1 aliphatic heterocycles. The van der Waals surface area contributed by atoms with E-state index in [0.29, 0.717) is 18.5 Å². The molecule has 3 aromatic carbocycles. The standard InChI is InChI=1S/C34H40N2O/c1-24-32-22-29-15-16-30(21-31(29)34(24,2)18-20-36(32)23-26-9-10-26)33(37)35(3)19-17-25-11-13-28(14-12-25)27-7-5-4-6-8-27/h4-8,11-16,21,24,26,32H,9-10,17-20,22-23H2,1-3H3/t24?,32-,34-/m1/s1. The molecule has 2 bridgehead atoms. The number of fused-ring (bicyclic) bond motifs is 4. The van der Waals surface area contributed by atoms with Gasteiger partial charge in [0.2, 0.25) is 0 Å². The van der Waals surface area contributed by atoms with Crippen molar-refractivity contribution in [2.45, 2.75) is 57.4 Å². The van der Waals surface area contributed by atoms with E-state index in [2.05, 4.69) is 85.5 Å². The fourth-order valence-electron chi connectivity index (χ4n) is 6.81. The lowest BCUT2D eigenvalue weighted by atomic mass is 9.59. The van der Waals surface area contributed by atoms with Gasteiger partial charge in [-0.2, -0.15) is 0 Å². The van der Waals surface area contributed by atoms with Gasteiger partial charge in [-0.1, -0.05) is 74.5 Å². The molecular formula is C34H40N2O. The van der Waals surface area contributed by atoms with Crippen LogP contribution in [-0.2, 0) is 18.3 Å². The third-order valence-electron chi connectivity index (χ3n) is 9.70. The highest BCUT2D eigenvalue weighted by molar-refractivity contribution is 5.94. The predicted molar refractivity (Wildman–Crippen MR) is 152 cm³/mol. The first-order chi connectivity index (χ1) is 17.9. The van der Waals surface area contributed by atoms with Crippen LogP contribution in [0.5, 0.6) is 0 Å². The van der Waals surface area contributed by atoms with Crippen LogP contribution >= 0.6 is 0 Å². The predicted octanol–water partition coefficient (Wildman–Crippen LogP) is 6.60. The van der Waals surface area contributed by atoms with Crippen molar-refractivity contribution in [3.05, 3.63) is 95.1 Å². The second kappa shape index (κ2) is 9.76. The molecular weight excluding hydrogens is 452 g/mol. The molecule has 1 heterocycles. The van der Waals surface area contributed by atoms with Crippen molar-refractivity contribution < 1.29 is 4.79 Å². The molecule has 3 atom stereocenters. The highest BCUT2D eigenvalue weighted by atomic mass is 16.2. The van der Waals surface area contributed by atoms with E-state index in [4.69, 9.17) is 0 Å². The van der Waals surface area contributed by atoms with E-state index in [1.807, 2.05) is 18.0 Å². The topological polar surface area (TPSA) is 23.6 Å². The molecule has 3 nitrogen and oxygen atoms in total. The van der Waals surface area contributed by atoms with Gasteiger partial charge in [0.05, 0.1) is 0 Å². The Bertz CT molecular complexity index is 1260. The number of carbonyl (C=O) groups excluding carboxylic acids is 1. The lowest BCUT2D eigenvalue weighted by Crippen LogP contribution is -2.58. The average Bonchev–Trinajstić information content (AvgIpc) is 3.75. The number of hydrogen-bond donors (Lipinski definition) is 0. The minimum atomic E-state index is 0.133. The van der Waals surface area contributed by atoms with E-state index < -0.39 is 0 Å². The molecule has 0 radical (unpaired) electrons. The fourth-order valence-corrected chi connectivity index (χ4v) is 6.81. The normalized spacial score (nSPS) is 24.9. The van der Waals surface area contributed by atoms with E-state index in [-0.39, 0.29) is 11.3 Å². The molecule has 3 heteroatoms. The molecule has 3 aliphatic rings. The lowest BCUT2D eigenvalue weighted by Gasteiger charge is -2.55. The minimum absolute atomic E-state index is 0.133. The molecule has 2 fully saturated rings. The minimum Gasteiger partial charge on any atom is -0.341 e. The molecule has 2 aliphatic carbocycles. The summed E-state index contributed by atoms with van der Waals surface area (Å²) in [5.41, 5.74) is 7.61. The highest BCUT2D eigenvalue weighted by Crippen LogP contribution is 2.49. The lowest BCUT2D eigenvalue weighted by molar-refractivity contribution is 0.0283. The zero-order valence-corrected chi connectivity index (χ0v) is 22.6. The summed E-state index contributed by atoms with van der Waals surface area (Å²) in [7, 11) is 1.94. The molecule has 0 N–H and O–H groups in total. The van der Waals surface area contributed by atoms with Gasteiger partial charge >= 0.3 is 0 Å². The smallest absolute Gasteiger partial charge is 0.253 e.